The SMILES string of the molecule is COc1cc(C)c(Cl)c(C)c1CNC(=O)c1ccncc1.Cl. The maximum Gasteiger partial charge on any atom is 0.251 e. The number of methoxy groups -OCH3 is 1. The van der Waals surface area contributed by atoms with Gasteiger partial charge in [0, 0.05) is 35.1 Å². The number of nitrogens with zero attached hydrogens (tertiary/aromatic N) is 1. The second-order valence-electron chi connectivity index (χ2n) is 4.73. The summed E-state index contributed by atoms with van der Waals surface area (Å²) in [5.41, 5.74) is 3.33. The number of carbonyl (C=O) groups excluding carboxylic acids is 1. The molecular weight excluding hydrogens is 323 g/mol. The summed E-state index contributed by atoms with van der Waals surface area (Å²) in [6.45, 7) is 4.21. The van der Waals surface area contributed by atoms with E-state index in [1.165, 1.54) is 0 Å². The molecule has 4 nitrogen and oxygen atoms in total. The van der Waals surface area contributed by atoms with E-state index in [1.54, 1.807) is 31.6 Å². The van der Waals surface area contributed by atoms with Crippen LogP contribution >= 0.6 is 24.0 Å². The summed E-state index contributed by atoms with van der Waals surface area (Å²) in [6.07, 6.45) is 3.17. The number of nitrogens with one attached hydrogen (secondary N) is 1. The van der Waals surface area contributed by atoms with Gasteiger partial charge < -0.3 is 10.1 Å². The number of ether oxygens (including phenoxy) is 1. The van der Waals surface area contributed by atoms with Crippen molar-refractivity contribution in [3.8, 4) is 5.75 Å². The van der Waals surface area contributed by atoms with Gasteiger partial charge >= 0.3 is 0 Å². The second-order valence-corrected chi connectivity index (χ2v) is 5.11. The van der Waals surface area contributed by atoms with Gasteiger partial charge in [0.1, 0.15) is 5.75 Å². The number of rotatable bonds is 4. The molecule has 0 atom stereocenters. The molecule has 2 rings (SSSR count). The van der Waals surface area contributed by atoms with Gasteiger partial charge in [-0.05, 0) is 43.2 Å². The zero-order valence-electron chi connectivity index (χ0n) is 12.6. The third-order valence-electron chi connectivity index (χ3n) is 3.36. The molecule has 0 fully saturated rings. The maximum absolute atomic E-state index is 12.1. The molecule has 0 aliphatic rings. The Morgan fingerprint density at radius 3 is 2.55 bits per heavy atom. The molecule has 0 bridgehead atoms. The number of hydrogen-bond acceptors (Lipinski definition) is 3. The van der Waals surface area contributed by atoms with E-state index in [1.807, 2.05) is 19.9 Å². The Kier molecular flexibility index (Phi) is 6.65. The van der Waals surface area contributed by atoms with Crippen LogP contribution in [0.25, 0.3) is 0 Å². The highest BCUT2D eigenvalue weighted by molar-refractivity contribution is 6.32. The van der Waals surface area contributed by atoms with Gasteiger partial charge in [0.15, 0.2) is 0 Å². The van der Waals surface area contributed by atoms with Crippen molar-refractivity contribution < 1.29 is 9.53 Å². The number of hydrogen-bond donors (Lipinski definition) is 1. The quantitative estimate of drug-likeness (QED) is 0.922. The fraction of sp³-hybridized carbons (Fsp3) is 0.250. The lowest BCUT2D eigenvalue weighted by molar-refractivity contribution is 0.0950. The number of aryl methyl sites for hydroxylation is 1. The molecule has 0 aliphatic heterocycles. The molecule has 2 aromatic rings. The van der Waals surface area contributed by atoms with Gasteiger partial charge in [-0.2, -0.15) is 0 Å². The molecule has 0 radical (unpaired) electrons. The van der Waals surface area contributed by atoms with E-state index in [4.69, 9.17) is 16.3 Å². The van der Waals surface area contributed by atoms with Crippen LogP contribution in [0.1, 0.15) is 27.0 Å². The van der Waals surface area contributed by atoms with Gasteiger partial charge in [-0.1, -0.05) is 11.6 Å². The molecule has 118 valence electrons. The predicted molar refractivity (Wildman–Crippen MR) is 90.1 cm³/mol. The smallest absolute Gasteiger partial charge is 0.251 e. The molecule has 0 spiro atoms. The molecule has 0 unspecified atom stereocenters. The maximum atomic E-state index is 12.1. The lowest BCUT2D eigenvalue weighted by atomic mass is 10.0. The first-order valence-electron chi connectivity index (χ1n) is 6.55. The normalized spacial score (nSPS) is 9.82. The van der Waals surface area contributed by atoms with Gasteiger partial charge in [-0.25, -0.2) is 0 Å². The van der Waals surface area contributed by atoms with E-state index in [2.05, 4.69) is 10.3 Å². The minimum absolute atomic E-state index is 0. The molecule has 0 aliphatic carbocycles. The number of amides is 1. The van der Waals surface area contributed by atoms with Crippen LogP contribution in [0, 0.1) is 13.8 Å². The highest BCUT2D eigenvalue weighted by atomic mass is 35.5. The van der Waals surface area contributed by atoms with Crippen LogP contribution in [0.15, 0.2) is 30.6 Å². The first-order chi connectivity index (χ1) is 10.0. The minimum atomic E-state index is -0.157. The third-order valence-corrected chi connectivity index (χ3v) is 3.94. The van der Waals surface area contributed by atoms with E-state index in [0.717, 1.165) is 22.4 Å². The number of carbonyl (C=O) groups is 1. The summed E-state index contributed by atoms with van der Waals surface area (Å²) in [5.74, 6) is 0.569. The van der Waals surface area contributed by atoms with Gasteiger partial charge in [-0.3, -0.25) is 9.78 Å². The molecule has 0 saturated heterocycles. The summed E-state index contributed by atoms with van der Waals surface area (Å²) < 4.78 is 5.38. The zero-order chi connectivity index (χ0) is 15.4. The Morgan fingerprint density at radius 2 is 1.95 bits per heavy atom. The third kappa shape index (κ3) is 3.90. The van der Waals surface area contributed by atoms with Gasteiger partial charge in [0.2, 0.25) is 0 Å². The fourth-order valence-corrected chi connectivity index (χ4v) is 2.30. The molecule has 6 heteroatoms. The van der Waals surface area contributed by atoms with Crippen LogP contribution < -0.4 is 10.1 Å². The summed E-state index contributed by atoms with van der Waals surface area (Å²) in [7, 11) is 1.61. The van der Waals surface area contributed by atoms with E-state index in [0.29, 0.717) is 17.1 Å². The van der Waals surface area contributed by atoms with Crippen LogP contribution in [0.5, 0.6) is 5.75 Å². The molecule has 0 saturated carbocycles. The average Bonchev–Trinajstić information content (AvgIpc) is 2.52. The molecule has 1 aromatic carbocycles. The largest absolute Gasteiger partial charge is 0.496 e. The van der Waals surface area contributed by atoms with Crippen LogP contribution in [-0.2, 0) is 6.54 Å². The first kappa shape index (κ1) is 18.3. The Balaban J connectivity index is 0.00000242. The van der Waals surface area contributed by atoms with E-state index in [-0.39, 0.29) is 18.3 Å². The van der Waals surface area contributed by atoms with Gasteiger partial charge in [-0.15, -0.1) is 12.4 Å². The van der Waals surface area contributed by atoms with Gasteiger partial charge in [0.05, 0.1) is 7.11 Å². The van der Waals surface area contributed by atoms with Crippen molar-refractivity contribution in [3.63, 3.8) is 0 Å². The van der Waals surface area contributed by atoms with Gasteiger partial charge in [0.25, 0.3) is 5.91 Å². The van der Waals surface area contributed by atoms with E-state index in [9.17, 15) is 4.79 Å². The van der Waals surface area contributed by atoms with Crippen LogP contribution in [0.4, 0.5) is 0 Å². The summed E-state index contributed by atoms with van der Waals surface area (Å²) in [5, 5.41) is 3.57. The first-order valence-corrected chi connectivity index (χ1v) is 6.93. The molecule has 1 aromatic heterocycles. The van der Waals surface area contributed by atoms with E-state index < -0.39 is 0 Å². The molecule has 1 heterocycles. The highest BCUT2D eigenvalue weighted by Crippen LogP contribution is 2.31. The van der Waals surface area contributed by atoms with Crippen LogP contribution in [-0.4, -0.2) is 18.0 Å². The number of benzene rings is 1. The Bertz CT molecular complexity index is 661. The zero-order valence-corrected chi connectivity index (χ0v) is 14.2. The predicted octanol–water partition coefficient (Wildman–Crippen LogP) is 3.71. The summed E-state index contributed by atoms with van der Waals surface area (Å²) in [6, 6.07) is 5.21. The van der Waals surface area contributed by atoms with Crippen LogP contribution in [0.2, 0.25) is 5.02 Å². The van der Waals surface area contributed by atoms with Crippen molar-refractivity contribution in [1.82, 2.24) is 10.3 Å². The standard InChI is InChI=1S/C16H17ClN2O2.ClH/c1-10-8-14(21-3)13(11(2)15(10)17)9-19-16(20)12-4-6-18-7-5-12;/h4-8H,9H2,1-3H3,(H,19,20);1H. The number of halogens is 2. The van der Waals surface area contributed by atoms with E-state index >= 15 is 0 Å². The van der Waals surface area contributed by atoms with Crippen LogP contribution in [0.3, 0.4) is 0 Å². The minimum Gasteiger partial charge on any atom is -0.496 e. The Hall–Kier alpha value is -1.78. The highest BCUT2D eigenvalue weighted by Gasteiger charge is 2.14. The summed E-state index contributed by atoms with van der Waals surface area (Å²) in [4.78, 5) is 16.0. The van der Waals surface area contributed by atoms with Crippen molar-refractivity contribution in [1.29, 1.82) is 0 Å². The topological polar surface area (TPSA) is 51.2 Å². The molecule has 1 amide bonds. The van der Waals surface area contributed by atoms with Crippen molar-refractivity contribution in [2.24, 2.45) is 0 Å². The lowest BCUT2D eigenvalue weighted by Gasteiger charge is -2.15. The molecule has 1 N–H and O–H groups in total. The van der Waals surface area contributed by atoms with Crippen molar-refractivity contribution in [2.75, 3.05) is 7.11 Å². The van der Waals surface area contributed by atoms with Crippen molar-refractivity contribution in [2.45, 2.75) is 20.4 Å². The second kappa shape index (κ2) is 8.01. The number of aromatic nitrogens is 1. The van der Waals surface area contributed by atoms with Crippen molar-refractivity contribution >= 4 is 29.9 Å². The fourth-order valence-electron chi connectivity index (χ4n) is 2.14. The summed E-state index contributed by atoms with van der Waals surface area (Å²) >= 11 is 6.27. The lowest BCUT2D eigenvalue weighted by Crippen LogP contribution is -2.23. The molecular formula is C16H18Cl2N2O2. The number of pyridine rings is 1. The molecule has 22 heavy (non-hydrogen) atoms. The monoisotopic (exact) mass is 340 g/mol. The average molecular weight is 341 g/mol. The Labute approximate surface area is 141 Å². The Morgan fingerprint density at radius 1 is 1.32 bits per heavy atom. The van der Waals surface area contributed by atoms with Crippen molar-refractivity contribution in [3.05, 3.63) is 57.9 Å².